The third kappa shape index (κ3) is 3.82. The minimum atomic E-state index is -0.701. The molecular weight excluding hydrogens is 280 g/mol. The summed E-state index contributed by atoms with van der Waals surface area (Å²) in [6, 6.07) is 8.21. The van der Waals surface area contributed by atoms with Crippen molar-refractivity contribution in [2.24, 2.45) is 5.73 Å². The number of halogens is 1. The summed E-state index contributed by atoms with van der Waals surface area (Å²) in [7, 11) is 0. The SMILES string of the molecule is CCC(NC(C)(C)C(N)=O)c1ccc(Br)cc1. The second-order valence-corrected chi connectivity index (χ2v) is 5.56. The molecule has 1 aromatic rings. The smallest absolute Gasteiger partial charge is 0.237 e. The first-order chi connectivity index (χ1) is 7.86. The van der Waals surface area contributed by atoms with Gasteiger partial charge in [-0.1, -0.05) is 35.0 Å². The first kappa shape index (κ1) is 14.2. The lowest BCUT2D eigenvalue weighted by Gasteiger charge is -2.29. The van der Waals surface area contributed by atoms with Gasteiger partial charge in [0.1, 0.15) is 0 Å². The molecule has 0 aliphatic carbocycles. The molecule has 0 saturated carbocycles. The van der Waals surface area contributed by atoms with Gasteiger partial charge in [0.2, 0.25) is 5.91 Å². The van der Waals surface area contributed by atoms with Gasteiger partial charge >= 0.3 is 0 Å². The van der Waals surface area contributed by atoms with Gasteiger partial charge in [-0.15, -0.1) is 0 Å². The van der Waals surface area contributed by atoms with Crippen LogP contribution in [0.1, 0.15) is 38.8 Å². The highest BCUT2D eigenvalue weighted by atomic mass is 79.9. The highest BCUT2D eigenvalue weighted by Crippen LogP contribution is 2.22. The van der Waals surface area contributed by atoms with Gasteiger partial charge in [-0.2, -0.15) is 0 Å². The van der Waals surface area contributed by atoms with Crippen molar-refractivity contribution in [1.82, 2.24) is 5.32 Å². The lowest BCUT2D eigenvalue weighted by molar-refractivity contribution is -0.123. The van der Waals surface area contributed by atoms with Gasteiger partial charge in [0.05, 0.1) is 5.54 Å². The predicted molar refractivity (Wildman–Crippen MR) is 73.6 cm³/mol. The number of hydrogen-bond acceptors (Lipinski definition) is 2. The summed E-state index contributed by atoms with van der Waals surface area (Å²) in [5, 5.41) is 3.29. The highest BCUT2D eigenvalue weighted by molar-refractivity contribution is 9.10. The Kier molecular flexibility index (Phi) is 4.71. The Morgan fingerprint density at radius 2 is 1.94 bits per heavy atom. The lowest BCUT2D eigenvalue weighted by Crippen LogP contribution is -2.51. The Bertz CT molecular complexity index is 387. The molecule has 0 bridgehead atoms. The monoisotopic (exact) mass is 298 g/mol. The molecule has 0 radical (unpaired) electrons. The average Bonchev–Trinajstić information content (AvgIpc) is 2.27. The van der Waals surface area contributed by atoms with Crippen molar-refractivity contribution >= 4 is 21.8 Å². The minimum Gasteiger partial charge on any atom is -0.368 e. The molecule has 0 aromatic heterocycles. The zero-order valence-electron chi connectivity index (χ0n) is 10.5. The van der Waals surface area contributed by atoms with E-state index in [4.69, 9.17) is 5.73 Å². The first-order valence-corrected chi connectivity index (χ1v) is 6.49. The van der Waals surface area contributed by atoms with Gasteiger partial charge < -0.3 is 5.73 Å². The number of nitrogens with one attached hydrogen (secondary N) is 1. The molecule has 1 aromatic carbocycles. The molecule has 1 rings (SSSR count). The molecule has 4 heteroatoms. The summed E-state index contributed by atoms with van der Waals surface area (Å²) in [4.78, 5) is 11.3. The van der Waals surface area contributed by atoms with E-state index in [1.807, 2.05) is 24.3 Å². The number of carbonyl (C=O) groups excluding carboxylic acids is 1. The maximum absolute atomic E-state index is 11.3. The Hall–Kier alpha value is -0.870. The van der Waals surface area contributed by atoms with Crippen LogP contribution < -0.4 is 11.1 Å². The van der Waals surface area contributed by atoms with Gasteiger partial charge in [0, 0.05) is 10.5 Å². The molecule has 0 aliphatic rings. The van der Waals surface area contributed by atoms with E-state index in [0.29, 0.717) is 0 Å². The zero-order chi connectivity index (χ0) is 13.1. The van der Waals surface area contributed by atoms with Gasteiger partial charge in [-0.25, -0.2) is 0 Å². The van der Waals surface area contributed by atoms with Crippen LogP contribution in [-0.4, -0.2) is 11.4 Å². The van der Waals surface area contributed by atoms with Crippen LogP contribution in [0.15, 0.2) is 28.7 Å². The molecule has 0 saturated heterocycles. The van der Waals surface area contributed by atoms with Crippen LogP contribution in [0.2, 0.25) is 0 Å². The fourth-order valence-corrected chi connectivity index (χ4v) is 1.89. The number of carbonyl (C=O) groups is 1. The van der Waals surface area contributed by atoms with Crippen LogP contribution in [0.5, 0.6) is 0 Å². The van der Waals surface area contributed by atoms with Crippen molar-refractivity contribution in [3.05, 3.63) is 34.3 Å². The standard InChI is InChI=1S/C13H19BrN2O/c1-4-11(16-13(2,3)12(15)17)9-5-7-10(14)8-6-9/h5-8,11,16H,4H2,1-3H3,(H2,15,17). The van der Waals surface area contributed by atoms with Gasteiger partial charge in [0.25, 0.3) is 0 Å². The molecule has 94 valence electrons. The second-order valence-electron chi connectivity index (χ2n) is 4.65. The van der Waals surface area contributed by atoms with Crippen molar-refractivity contribution in [3.8, 4) is 0 Å². The number of rotatable bonds is 5. The summed E-state index contributed by atoms with van der Waals surface area (Å²) in [5.74, 6) is -0.340. The largest absolute Gasteiger partial charge is 0.368 e. The number of hydrogen-bond donors (Lipinski definition) is 2. The first-order valence-electron chi connectivity index (χ1n) is 5.70. The van der Waals surface area contributed by atoms with Crippen molar-refractivity contribution in [2.75, 3.05) is 0 Å². The molecule has 0 aliphatic heterocycles. The molecule has 0 fully saturated rings. The van der Waals surface area contributed by atoms with Crippen LogP contribution in [0.4, 0.5) is 0 Å². The molecule has 3 N–H and O–H groups in total. The lowest BCUT2D eigenvalue weighted by atomic mass is 9.98. The normalized spacial score (nSPS) is 13.4. The van der Waals surface area contributed by atoms with E-state index in [1.54, 1.807) is 13.8 Å². The highest BCUT2D eigenvalue weighted by Gasteiger charge is 2.27. The predicted octanol–water partition coefficient (Wildman–Crippen LogP) is 2.75. The summed E-state index contributed by atoms with van der Waals surface area (Å²) in [5.41, 5.74) is 5.82. The van der Waals surface area contributed by atoms with E-state index in [9.17, 15) is 4.79 Å². The fourth-order valence-electron chi connectivity index (χ4n) is 1.62. The van der Waals surface area contributed by atoms with E-state index in [-0.39, 0.29) is 11.9 Å². The van der Waals surface area contributed by atoms with E-state index in [0.717, 1.165) is 16.5 Å². The third-order valence-corrected chi connectivity index (χ3v) is 3.36. The minimum absolute atomic E-state index is 0.130. The molecule has 1 amide bonds. The topological polar surface area (TPSA) is 55.1 Å². The number of nitrogens with two attached hydrogens (primary N) is 1. The Labute approximate surface area is 111 Å². The van der Waals surface area contributed by atoms with Crippen molar-refractivity contribution in [3.63, 3.8) is 0 Å². The van der Waals surface area contributed by atoms with Crippen LogP contribution in [-0.2, 0) is 4.79 Å². The Balaban J connectivity index is 2.86. The Morgan fingerprint density at radius 1 is 1.41 bits per heavy atom. The molecule has 1 atom stereocenters. The third-order valence-electron chi connectivity index (χ3n) is 2.83. The summed E-state index contributed by atoms with van der Waals surface area (Å²) in [6.07, 6.45) is 0.901. The Morgan fingerprint density at radius 3 is 2.35 bits per heavy atom. The quantitative estimate of drug-likeness (QED) is 0.878. The van der Waals surface area contributed by atoms with Gasteiger partial charge in [0.15, 0.2) is 0 Å². The van der Waals surface area contributed by atoms with Crippen molar-refractivity contribution in [2.45, 2.75) is 38.8 Å². The second kappa shape index (κ2) is 5.65. The average molecular weight is 299 g/mol. The van der Waals surface area contributed by atoms with Crippen molar-refractivity contribution in [1.29, 1.82) is 0 Å². The van der Waals surface area contributed by atoms with Crippen molar-refractivity contribution < 1.29 is 4.79 Å². The van der Waals surface area contributed by atoms with Gasteiger partial charge in [-0.3, -0.25) is 10.1 Å². The fraction of sp³-hybridized carbons (Fsp3) is 0.462. The van der Waals surface area contributed by atoms with Crippen LogP contribution in [0.3, 0.4) is 0 Å². The van der Waals surface area contributed by atoms with E-state index in [1.165, 1.54) is 0 Å². The maximum atomic E-state index is 11.3. The number of benzene rings is 1. The van der Waals surface area contributed by atoms with E-state index in [2.05, 4.69) is 28.2 Å². The summed E-state index contributed by atoms with van der Waals surface area (Å²) >= 11 is 3.41. The van der Waals surface area contributed by atoms with E-state index >= 15 is 0 Å². The number of amides is 1. The summed E-state index contributed by atoms with van der Waals surface area (Å²) < 4.78 is 1.05. The molecule has 1 unspecified atom stereocenters. The van der Waals surface area contributed by atoms with Gasteiger partial charge in [-0.05, 0) is 38.0 Å². The zero-order valence-corrected chi connectivity index (χ0v) is 12.0. The number of primary amides is 1. The van der Waals surface area contributed by atoms with Crippen LogP contribution in [0.25, 0.3) is 0 Å². The van der Waals surface area contributed by atoms with Crippen LogP contribution in [0, 0.1) is 0 Å². The molecule has 17 heavy (non-hydrogen) atoms. The molecule has 0 heterocycles. The molecule has 3 nitrogen and oxygen atoms in total. The maximum Gasteiger partial charge on any atom is 0.237 e. The van der Waals surface area contributed by atoms with Crippen LogP contribution >= 0.6 is 15.9 Å². The molecular formula is C13H19BrN2O. The molecule has 0 spiro atoms. The van der Waals surface area contributed by atoms with E-state index < -0.39 is 5.54 Å². The summed E-state index contributed by atoms with van der Waals surface area (Å²) in [6.45, 7) is 5.69.